The summed E-state index contributed by atoms with van der Waals surface area (Å²) < 4.78 is 0. The average molecular weight is 343 g/mol. The number of hydrogen-bond acceptors (Lipinski definition) is 2. The van der Waals surface area contributed by atoms with E-state index in [1.54, 1.807) is 0 Å². The van der Waals surface area contributed by atoms with Crippen molar-refractivity contribution in [1.82, 2.24) is 0 Å². The zero-order valence-electron chi connectivity index (χ0n) is 16.7. The fourth-order valence-corrected chi connectivity index (χ4v) is 2.93. The first-order valence-electron chi connectivity index (χ1n) is 10.4. The molecule has 0 aliphatic rings. The molecule has 0 amide bonds. The summed E-state index contributed by atoms with van der Waals surface area (Å²) in [6, 6.07) is -0.0956. The molecule has 1 unspecified atom stereocenters. The molecule has 3 heteroatoms. The highest BCUT2D eigenvalue weighted by Gasteiger charge is 2.24. The van der Waals surface area contributed by atoms with Crippen molar-refractivity contribution in [2.45, 2.75) is 116 Å². The lowest BCUT2D eigenvalue weighted by atomic mass is 10.1. The van der Waals surface area contributed by atoms with E-state index >= 15 is 0 Å². The van der Waals surface area contributed by atoms with Crippen molar-refractivity contribution < 1.29 is 15.2 Å². The maximum Gasteiger partial charge on any atom is 0.149 e. The highest BCUT2D eigenvalue weighted by molar-refractivity contribution is 4.81. The molecule has 0 aliphatic heterocycles. The molecule has 0 spiro atoms. The molecule has 0 aromatic carbocycles. The van der Waals surface area contributed by atoms with E-state index in [0.29, 0.717) is 0 Å². The van der Waals surface area contributed by atoms with Gasteiger partial charge in [-0.15, -0.1) is 0 Å². The van der Waals surface area contributed by atoms with Gasteiger partial charge in [-0.1, -0.05) is 76.9 Å². The monoisotopic (exact) mass is 342 g/mol. The molecule has 0 fully saturated rings. The van der Waals surface area contributed by atoms with Crippen LogP contribution in [-0.2, 0) is 0 Å². The number of unbranched alkanes of at least 4 members (excludes halogenated alkanes) is 12. The van der Waals surface area contributed by atoms with Gasteiger partial charge in [-0.05, 0) is 43.8 Å². The molecule has 0 aromatic heterocycles. The smallest absolute Gasteiger partial charge is 0.149 e. The molecule has 0 aliphatic carbocycles. The number of hydroxylamine groups is 4. The zero-order valence-corrected chi connectivity index (χ0v) is 16.7. The van der Waals surface area contributed by atoms with Gasteiger partial charge in [-0.2, -0.15) is 10.4 Å². The van der Waals surface area contributed by atoms with Gasteiger partial charge >= 0.3 is 0 Å². The van der Waals surface area contributed by atoms with E-state index in [1.165, 1.54) is 90.5 Å². The minimum absolute atomic E-state index is 0.0956. The fraction of sp³-hybridized carbons (Fsp3) is 0.905. The van der Waals surface area contributed by atoms with Gasteiger partial charge in [0.25, 0.3) is 0 Å². The fourth-order valence-electron chi connectivity index (χ4n) is 2.93. The van der Waals surface area contributed by atoms with Gasteiger partial charge in [0.1, 0.15) is 13.1 Å². The summed E-state index contributed by atoms with van der Waals surface area (Å²) in [5, 5.41) is 18.8. The summed E-state index contributed by atoms with van der Waals surface area (Å²) in [5.41, 5.74) is 0. The molecular weight excluding hydrogens is 298 g/mol. The van der Waals surface area contributed by atoms with Crippen LogP contribution in [0.2, 0.25) is 0 Å². The van der Waals surface area contributed by atoms with Crippen LogP contribution in [0.5, 0.6) is 0 Å². The number of nitrogens with zero attached hydrogens (tertiary/aromatic N) is 1. The van der Waals surface area contributed by atoms with Crippen molar-refractivity contribution in [1.29, 1.82) is 0 Å². The average Bonchev–Trinajstić information content (AvgIpc) is 2.53. The van der Waals surface area contributed by atoms with Crippen LogP contribution < -0.4 is 0 Å². The van der Waals surface area contributed by atoms with Crippen LogP contribution in [0, 0.1) is 0 Å². The lowest BCUT2D eigenvalue weighted by Crippen LogP contribution is -2.44. The molecule has 2 N–H and O–H groups in total. The number of hydrogen-bond donors (Lipinski definition) is 2. The van der Waals surface area contributed by atoms with Crippen LogP contribution in [0.3, 0.4) is 0 Å². The Morgan fingerprint density at radius 3 is 1.58 bits per heavy atom. The van der Waals surface area contributed by atoms with Gasteiger partial charge in [0.2, 0.25) is 0 Å². The van der Waals surface area contributed by atoms with Crippen LogP contribution in [-0.4, -0.2) is 28.3 Å². The molecule has 144 valence electrons. The normalized spacial score (nSPS) is 13.7. The van der Waals surface area contributed by atoms with Gasteiger partial charge in [-0.25, -0.2) is 0 Å². The maximum atomic E-state index is 9.40. The molecule has 0 saturated carbocycles. The third-order valence-corrected chi connectivity index (χ3v) is 4.97. The van der Waals surface area contributed by atoms with Gasteiger partial charge in [0, 0.05) is 6.42 Å². The summed E-state index contributed by atoms with van der Waals surface area (Å²) >= 11 is 0. The van der Waals surface area contributed by atoms with Gasteiger partial charge in [0.05, 0.1) is 0 Å². The minimum atomic E-state index is -0.898. The molecule has 0 heterocycles. The Morgan fingerprint density at radius 2 is 1.12 bits per heavy atom. The molecular formula is C21H44NO2+. The van der Waals surface area contributed by atoms with Crippen LogP contribution in [0.15, 0.2) is 12.2 Å². The molecule has 1 atom stereocenters. The first-order chi connectivity index (χ1) is 11.5. The van der Waals surface area contributed by atoms with Crippen LogP contribution in [0.25, 0.3) is 0 Å². The summed E-state index contributed by atoms with van der Waals surface area (Å²) in [6.07, 6.45) is 24.0. The highest BCUT2D eigenvalue weighted by Crippen LogP contribution is 2.14. The predicted octanol–water partition coefficient (Wildman–Crippen LogP) is 7.03. The van der Waals surface area contributed by atoms with E-state index in [9.17, 15) is 10.4 Å². The highest BCUT2D eigenvalue weighted by atomic mass is 16.8. The van der Waals surface area contributed by atoms with Gasteiger partial charge in [-0.3, -0.25) is 0 Å². The largest absolute Gasteiger partial charge is 0.182 e. The van der Waals surface area contributed by atoms with Crippen molar-refractivity contribution in [3.05, 3.63) is 12.2 Å². The first kappa shape index (κ1) is 23.6. The van der Waals surface area contributed by atoms with Crippen molar-refractivity contribution in [3.63, 3.8) is 0 Å². The van der Waals surface area contributed by atoms with E-state index in [4.69, 9.17) is 0 Å². The van der Waals surface area contributed by atoms with Crippen LogP contribution in [0.4, 0.5) is 0 Å². The SMILES string of the molecule is CCCCCCCCC=CCCCCCCCCC(C)[N+](C)(O)O. The van der Waals surface area contributed by atoms with E-state index in [0.717, 1.165) is 12.8 Å². The van der Waals surface area contributed by atoms with E-state index in [-0.39, 0.29) is 6.04 Å². The Morgan fingerprint density at radius 1 is 0.708 bits per heavy atom. The topological polar surface area (TPSA) is 40.5 Å². The zero-order chi connectivity index (χ0) is 18.1. The predicted molar refractivity (Wildman–Crippen MR) is 103 cm³/mol. The Hall–Kier alpha value is -0.380. The summed E-state index contributed by atoms with van der Waals surface area (Å²) in [7, 11) is 1.42. The third-order valence-electron chi connectivity index (χ3n) is 4.97. The van der Waals surface area contributed by atoms with Crippen molar-refractivity contribution >= 4 is 0 Å². The lowest BCUT2D eigenvalue weighted by molar-refractivity contribution is -1.25. The Labute approximate surface area is 151 Å². The van der Waals surface area contributed by atoms with E-state index < -0.39 is 4.81 Å². The molecule has 0 aromatic rings. The van der Waals surface area contributed by atoms with Crippen LogP contribution in [0.1, 0.15) is 110 Å². The maximum absolute atomic E-state index is 9.40. The second-order valence-corrected chi connectivity index (χ2v) is 7.55. The van der Waals surface area contributed by atoms with Crippen molar-refractivity contribution in [3.8, 4) is 0 Å². The van der Waals surface area contributed by atoms with Gasteiger partial charge in [0.15, 0.2) is 0 Å². The third kappa shape index (κ3) is 16.5. The second-order valence-electron chi connectivity index (χ2n) is 7.55. The molecule has 3 nitrogen and oxygen atoms in total. The molecule has 0 radical (unpaired) electrons. The van der Waals surface area contributed by atoms with Crippen molar-refractivity contribution in [2.75, 3.05) is 7.05 Å². The minimum Gasteiger partial charge on any atom is -0.182 e. The number of allylic oxidation sites excluding steroid dienone is 2. The molecule has 0 saturated heterocycles. The van der Waals surface area contributed by atoms with E-state index in [1.807, 2.05) is 6.92 Å². The summed E-state index contributed by atoms with van der Waals surface area (Å²) in [6.45, 7) is 4.16. The standard InChI is InChI=1S/C21H44NO2/c1-4-5-6-7-8-9-10-11-12-13-14-15-16-17-18-19-20-21(2)22(3,23)24/h11-12,21,23-24H,4-10,13-20H2,1-3H3/q+1. The molecule has 0 rings (SSSR count). The van der Waals surface area contributed by atoms with Crippen molar-refractivity contribution in [2.24, 2.45) is 0 Å². The molecule has 24 heavy (non-hydrogen) atoms. The lowest BCUT2D eigenvalue weighted by Gasteiger charge is -2.23. The van der Waals surface area contributed by atoms with Crippen LogP contribution >= 0.6 is 0 Å². The molecule has 0 bridgehead atoms. The Balaban J connectivity index is 3.21. The summed E-state index contributed by atoms with van der Waals surface area (Å²) in [5.74, 6) is 0. The second kappa shape index (κ2) is 16.1. The first-order valence-corrected chi connectivity index (χ1v) is 10.4. The van der Waals surface area contributed by atoms with Gasteiger partial charge < -0.3 is 0 Å². The summed E-state index contributed by atoms with van der Waals surface area (Å²) in [4.78, 5) is -0.898. The Kier molecular flexibility index (Phi) is 15.9. The quantitative estimate of drug-likeness (QED) is 0.129. The number of rotatable bonds is 17. The number of quaternary nitrogens is 1. The van der Waals surface area contributed by atoms with E-state index in [2.05, 4.69) is 19.1 Å². The Bertz CT molecular complexity index is 284.